The molecule has 1 aliphatic heterocycles. The van der Waals surface area contributed by atoms with Crippen molar-refractivity contribution in [3.63, 3.8) is 0 Å². The first-order valence-corrected chi connectivity index (χ1v) is 9.28. The van der Waals surface area contributed by atoms with Gasteiger partial charge < -0.3 is 4.42 Å². The topological polar surface area (TPSA) is 60.0 Å². The molecule has 136 valence electrons. The van der Waals surface area contributed by atoms with Crippen LogP contribution < -0.4 is 0 Å². The lowest BCUT2D eigenvalue weighted by Gasteiger charge is -2.37. The summed E-state index contributed by atoms with van der Waals surface area (Å²) in [5, 5.41) is 12.8. The molecule has 1 fully saturated rings. The summed E-state index contributed by atoms with van der Waals surface area (Å²) in [6.45, 7) is 6.91. The van der Waals surface area contributed by atoms with Gasteiger partial charge in [0.1, 0.15) is 0 Å². The van der Waals surface area contributed by atoms with E-state index in [1.807, 2.05) is 23.9 Å². The second kappa shape index (κ2) is 7.41. The number of rotatable bonds is 5. The van der Waals surface area contributed by atoms with Crippen molar-refractivity contribution in [2.24, 2.45) is 0 Å². The molecule has 1 saturated heterocycles. The number of benzene rings is 1. The standard InChI is InChI=1S/C20H25N5O/c1-15-19(20-23-22-16(2)26-20)9-6-10-24(15)12-18-11-21-25(14-18)13-17-7-4-3-5-8-17/h3-5,7-8,11,14-15,19H,6,9-10,12-13H2,1-2H3/t15-,19-/m0/s1. The molecule has 6 nitrogen and oxygen atoms in total. The second-order valence-electron chi connectivity index (χ2n) is 7.15. The van der Waals surface area contributed by atoms with Crippen molar-refractivity contribution < 1.29 is 4.42 Å². The molecule has 0 unspecified atom stereocenters. The molecule has 6 heteroatoms. The molecule has 0 bridgehead atoms. The number of hydrogen-bond acceptors (Lipinski definition) is 5. The SMILES string of the molecule is Cc1nnc([C@H]2CCCN(Cc3cnn(Cc4ccccc4)c3)[C@H]2C)o1. The third-order valence-corrected chi connectivity index (χ3v) is 5.24. The van der Waals surface area contributed by atoms with Crippen LogP contribution in [0.2, 0.25) is 0 Å². The lowest BCUT2D eigenvalue weighted by molar-refractivity contribution is 0.118. The quantitative estimate of drug-likeness (QED) is 0.705. The van der Waals surface area contributed by atoms with Crippen LogP contribution in [0.5, 0.6) is 0 Å². The molecule has 0 aliphatic carbocycles. The van der Waals surface area contributed by atoms with Crippen molar-refractivity contribution in [1.82, 2.24) is 24.9 Å². The molecule has 1 aliphatic rings. The highest BCUT2D eigenvalue weighted by molar-refractivity contribution is 5.15. The van der Waals surface area contributed by atoms with Crippen molar-refractivity contribution >= 4 is 0 Å². The van der Waals surface area contributed by atoms with E-state index in [0.29, 0.717) is 17.9 Å². The van der Waals surface area contributed by atoms with E-state index in [2.05, 4.69) is 57.6 Å². The highest BCUT2D eigenvalue weighted by Crippen LogP contribution is 2.32. The van der Waals surface area contributed by atoms with E-state index in [0.717, 1.165) is 38.4 Å². The minimum atomic E-state index is 0.310. The Morgan fingerprint density at radius 1 is 1.12 bits per heavy atom. The van der Waals surface area contributed by atoms with Gasteiger partial charge in [-0.1, -0.05) is 30.3 Å². The Bertz CT molecular complexity index is 841. The van der Waals surface area contributed by atoms with Gasteiger partial charge in [-0.25, -0.2) is 0 Å². The van der Waals surface area contributed by atoms with E-state index < -0.39 is 0 Å². The van der Waals surface area contributed by atoms with Gasteiger partial charge >= 0.3 is 0 Å². The van der Waals surface area contributed by atoms with Gasteiger partial charge in [0.2, 0.25) is 11.8 Å². The van der Waals surface area contributed by atoms with Gasteiger partial charge in [0.25, 0.3) is 0 Å². The average Bonchev–Trinajstić information content (AvgIpc) is 3.27. The van der Waals surface area contributed by atoms with Crippen molar-refractivity contribution in [2.75, 3.05) is 6.54 Å². The summed E-state index contributed by atoms with van der Waals surface area (Å²) in [6.07, 6.45) is 6.39. The molecular weight excluding hydrogens is 326 g/mol. The Morgan fingerprint density at radius 2 is 1.96 bits per heavy atom. The Labute approximate surface area is 153 Å². The highest BCUT2D eigenvalue weighted by atomic mass is 16.4. The number of piperidine rings is 1. The Balaban J connectivity index is 1.42. The monoisotopic (exact) mass is 351 g/mol. The summed E-state index contributed by atoms with van der Waals surface area (Å²) < 4.78 is 7.71. The maximum Gasteiger partial charge on any atom is 0.221 e. The van der Waals surface area contributed by atoms with E-state index in [1.54, 1.807) is 0 Å². The third-order valence-electron chi connectivity index (χ3n) is 5.24. The summed E-state index contributed by atoms with van der Waals surface area (Å²) in [4.78, 5) is 2.50. The first-order chi connectivity index (χ1) is 12.7. The Hall–Kier alpha value is -2.47. The maximum absolute atomic E-state index is 5.70. The van der Waals surface area contributed by atoms with Gasteiger partial charge in [-0.05, 0) is 31.9 Å². The number of nitrogens with zero attached hydrogens (tertiary/aromatic N) is 5. The summed E-state index contributed by atoms with van der Waals surface area (Å²) in [5.74, 6) is 1.73. The van der Waals surface area contributed by atoms with Crippen LogP contribution in [0, 0.1) is 6.92 Å². The fourth-order valence-electron chi connectivity index (χ4n) is 3.81. The molecular formula is C20H25N5O. The third kappa shape index (κ3) is 3.70. The first kappa shape index (κ1) is 17.0. The number of likely N-dealkylation sites (tertiary alicyclic amines) is 1. The maximum atomic E-state index is 5.70. The van der Waals surface area contributed by atoms with Crippen LogP contribution in [0.25, 0.3) is 0 Å². The largest absolute Gasteiger partial charge is 0.425 e. The van der Waals surface area contributed by atoms with E-state index in [4.69, 9.17) is 4.42 Å². The Kier molecular flexibility index (Phi) is 4.84. The van der Waals surface area contributed by atoms with Crippen molar-refractivity contribution in [2.45, 2.75) is 51.7 Å². The van der Waals surface area contributed by atoms with Gasteiger partial charge in [0.15, 0.2) is 0 Å². The van der Waals surface area contributed by atoms with Gasteiger partial charge in [-0.3, -0.25) is 9.58 Å². The van der Waals surface area contributed by atoms with Crippen LogP contribution in [-0.4, -0.2) is 37.5 Å². The molecule has 0 radical (unpaired) electrons. The molecule has 4 rings (SSSR count). The zero-order valence-corrected chi connectivity index (χ0v) is 15.4. The van der Waals surface area contributed by atoms with Gasteiger partial charge in [-0.15, -0.1) is 10.2 Å². The van der Waals surface area contributed by atoms with Crippen LogP contribution in [0.15, 0.2) is 47.1 Å². The average molecular weight is 351 g/mol. The van der Waals surface area contributed by atoms with E-state index in [-0.39, 0.29) is 0 Å². The van der Waals surface area contributed by atoms with Crippen LogP contribution in [0.3, 0.4) is 0 Å². The van der Waals surface area contributed by atoms with Gasteiger partial charge in [0.05, 0.1) is 18.7 Å². The fourth-order valence-corrected chi connectivity index (χ4v) is 3.81. The summed E-state index contributed by atoms with van der Waals surface area (Å²) >= 11 is 0. The fraction of sp³-hybridized carbons (Fsp3) is 0.450. The van der Waals surface area contributed by atoms with Crippen LogP contribution in [0.1, 0.15) is 48.6 Å². The van der Waals surface area contributed by atoms with E-state index in [9.17, 15) is 0 Å². The first-order valence-electron chi connectivity index (χ1n) is 9.28. The number of aryl methyl sites for hydroxylation is 1. The zero-order valence-electron chi connectivity index (χ0n) is 15.4. The number of aromatic nitrogens is 4. The number of hydrogen-bond donors (Lipinski definition) is 0. The Morgan fingerprint density at radius 3 is 2.73 bits per heavy atom. The molecule has 2 aromatic heterocycles. The predicted molar refractivity (Wildman–Crippen MR) is 98.7 cm³/mol. The van der Waals surface area contributed by atoms with E-state index >= 15 is 0 Å². The van der Waals surface area contributed by atoms with E-state index in [1.165, 1.54) is 11.1 Å². The summed E-state index contributed by atoms with van der Waals surface area (Å²) in [6, 6.07) is 10.8. The molecule has 0 spiro atoms. The molecule has 3 heterocycles. The van der Waals surface area contributed by atoms with Crippen molar-refractivity contribution in [1.29, 1.82) is 0 Å². The van der Waals surface area contributed by atoms with Gasteiger partial charge in [-0.2, -0.15) is 5.10 Å². The predicted octanol–water partition coefficient (Wildman–Crippen LogP) is 3.39. The smallest absolute Gasteiger partial charge is 0.221 e. The summed E-state index contributed by atoms with van der Waals surface area (Å²) in [7, 11) is 0. The van der Waals surface area contributed by atoms with Crippen molar-refractivity contribution in [3.8, 4) is 0 Å². The van der Waals surface area contributed by atoms with Crippen molar-refractivity contribution in [3.05, 3.63) is 65.6 Å². The normalized spacial score (nSPS) is 21.2. The van der Waals surface area contributed by atoms with Crippen LogP contribution in [0.4, 0.5) is 0 Å². The second-order valence-corrected chi connectivity index (χ2v) is 7.15. The highest BCUT2D eigenvalue weighted by Gasteiger charge is 2.32. The molecule has 0 N–H and O–H groups in total. The summed E-state index contributed by atoms with van der Waals surface area (Å²) in [5.41, 5.74) is 2.51. The minimum Gasteiger partial charge on any atom is -0.425 e. The lowest BCUT2D eigenvalue weighted by Crippen LogP contribution is -2.41. The lowest BCUT2D eigenvalue weighted by atomic mass is 9.90. The van der Waals surface area contributed by atoms with Gasteiger partial charge in [0, 0.05) is 31.3 Å². The minimum absolute atomic E-state index is 0.310. The molecule has 2 atom stereocenters. The van der Waals surface area contributed by atoms with Crippen LogP contribution >= 0.6 is 0 Å². The molecule has 26 heavy (non-hydrogen) atoms. The zero-order chi connectivity index (χ0) is 17.9. The molecule has 1 aromatic carbocycles. The molecule has 3 aromatic rings. The molecule has 0 amide bonds. The molecule has 0 saturated carbocycles. The van der Waals surface area contributed by atoms with Crippen LogP contribution in [-0.2, 0) is 13.1 Å².